The molecule has 186 valence electrons. The van der Waals surface area contributed by atoms with Crippen LogP contribution in [0.3, 0.4) is 0 Å². The van der Waals surface area contributed by atoms with Crippen LogP contribution in [0.2, 0.25) is 0 Å². The van der Waals surface area contributed by atoms with Gasteiger partial charge in [-0.2, -0.15) is 0 Å². The van der Waals surface area contributed by atoms with Crippen LogP contribution < -0.4 is 5.32 Å². The van der Waals surface area contributed by atoms with Gasteiger partial charge in [-0.3, -0.25) is 14.4 Å². The summed E-state index contributed by atoms with van der Waals surface area (Å²) >= 11 is 0. The molecule has 34 heavy (non-hydrogen) atoms. The molecule has 2 N–H and O–H groups in total. The van der Waals surface area contributed by atoms with Crippen LogP contribution in [0.4, 0.5) is 10.5 Å². The zero-order valence-corrected chi connectivity index (χ0v) is 20.3. The van der Waals surface area contributed by atoms with Crippen LogP contribution in [-0.4, -0.2) is 64.0 Å². The van der Waals surface area contributed by atoms with Gasteiger partial charge >= 0.3 is 12.1 Å². The predicted molar refractivity (Wildman–Crippen MR) is 126 cm³/mol. The van der Waals surface area contributed by atoms with Gasteiger partial charge < -0.3 is 25.0 Å². The Kier molecular flexibility index (Phi) is 8.17. The summed E-state index contributed by atoms with van der Waals surface area (Å²) in [6.45, 7) is 7.50. The van der Waals surface area contributed by atoms with E-state index in [-0.39, 0.29) is 30.9 Å². The summed E-state index contributed by atoms with van der Waals surface area (Å²) in [5, 5.41) is 11.7. The predicted octanol–water partition coefficient (Wildman–Crippen LogP) is 3.87. The number of carbonyl (C=O) groups excluding carboxylic acids is 3. The Morgan fingerprint density at radius 3 is 2.50 bits per heavy atom. The Morgan fingerprint density at radius 1 is 1.15 bits per heavy atom. The fourth-order valence-corrected chi connectivity index (χ4v) is 4.36. The van der Waals surface area contributed by atoms with Gasteiger partial charge in [0.1, 0.15) is 5.60 Å². The SMILES string of the molecule is CC(C)(C)OC(=O)N1CCC(CCCC(=O)Nc2ccc3c(c2)C(=O)N(CCC(=O)O)C3)CC1. The number of anilines is 1. The smallest absolute Gasteiger partial charge is 0.410 e. The van der Waals surface area contributed by atoms with Crippen LogP contribution in [0, 0.1) is 5.92 Å². The summed E-state index contributed by atoms with van der Waals surface area (Å²) < 4.78 is 5.43. The van der Waals surface area contributed by atoms with Gasteiger partial charge in [0.2, 0.25) is 5.91 Å². The van der Waals surface area contributed by atoms with Crippen molar-refractivity contribution in [3.8, 4) is 0 Å². The summed E-state index contributed by atoms with van der Waals surface area (Å²) in [6, 6.07) is 5.25. The van der Waals surface area contributed by atoms with Crippen molar-refractivity contribution in [3.05, 3.63) is 29.3 Å². The maximum Gasteiger partial charge on any atom is 0.410 e. The molecule has 1 aromatic carbocycles. The molecule has 0 saturated carbocycles. The van der Waals surface area contributed by atoms with Crippen LogP contribution in [0.5, 0.6) is 0 Å². The first-order valence-corrected chi connectivity index (χ1v) is 11.9. The second-order valence-electron chi connectivity index (χ2n) is 10.1. The molecule has 0 aromatic heterocycles. The average Bonchev–Trinajstić information content (AvgIpc) is 3.06. The maximum absolute atomic E-state index is 12.5. The van der Waals surface area contributed by atoms with Crippen molar-refractivity contribution in [2.45, 2.75) is 71.4 Å². The van der Waals surface area contributed by atoms with Gasteiger partial charge in [0.15, 0.2) is 0 Å². The molecule has 2 heterocycles. The molecule has 0 unspecified atom stereocenters. The van der Waals surface area contributed by atoms with Gasteiger partial charge in [-0.05, 0) is 70.1 Å². The molecule has 2 aliphatic rings. The van der Waals surface area contributed by atoms with Crippen LogP contribution >= 0.6 is 0 Å². The van der Waals surface area contributed by atoms with E-state index in [0.29, 0.717) is 43.2 Å². The lowest BCUT2D eigenvalue weighted by Gasteiger charge is -2.33. The van der Waals surface area contributed by atoms with Crippen molar-refractivity contribution in [1.82, 2.24) is 9.80 Å². The highest BCUT2D eigenvalue weighted by Crippen LogP contribution is 2.27. The minimum atomic E-state index is -0.940. The molecule has 3 rings (SSSR count). The Morgan fingerprint density at radius 2 is 1.85 bits per heavy atom. The first-order valence-electron chi connectivity index (χ1n) is 11.9. The number of carboxylic acids is 1. The summed E-state index contributed by atoms with van der Waals surface area (Å²) in [5.74, 6) is -0.754. The van der Waals surface area contributed by atoms with Crippen LogP contribution in [0.25, 0.3) is 0 Å². The Bertz CT molecular complexity index is 931. The molecule has 1 aromatic rings. The standard InChI is InChI=1S/C25H35N3O6/c1-25(2,3)34-24(33)27-12-9-17(10-13-27)5-4-6-21(29)26-19-8-7-18-16-28(14-11-22(30)31)23(32)20(18)15-19/h7-8,15,17H,4-6,9-14,16H2,1-3H3,(H,26,29)(H,30,31). The zero-order valence-electron chi connectivity index (χ0n) is 20.3. The van der Waals surface area contributed by atoms with Gasteiger partial charge in [0.05, 0.1) is 6.42 Å². The molecule has 0 radical (unpaired) electrons. The lowest BCUT2D eigenvalue weighted by Crippen LogP contribution is -2.41. The highest BCUT2D eigenvalue weighted by molar-refractivity contribution is 6.00. The van der Waals surface area contributed by atoms with Crippen molar-refractivity contribution < 1.29 is 29.0 Å². The highest BCUT2D eigenvalue weighted by Gasteiger charge is 2.28. The number of hydrogen-bond donors (Lipinski definition) is 2. The third kappa shape index (κ3) is 7.20. The van der Waals surface area contributed by atoms with E-state index in [4.69, 9.17) is 9.84 Å². The van der Waals surface area contributed by atoms with E-state index < -0.39 is 11.6 Å². The van der Waals surface area contributed by atoms with E-state index in [1.54, 1.807) is 17.0 Å². The number of aliphatic carboxylic acids is 1. The molecular formula is C25H35N3O6. The highest BCUT2D eigenvalue weighted by atomic mass is 16.6. The van der Waals surface area contributed by atoms with E-state index in [1.165, 1.54) is 4.90 Å². The van der Waals surface area contributed by atoms with Crippen molar-refractivity contribution in [3.63, 3.8) is 0 Å². The van der Waals surface area contributed by atoms with Crippen LogP contribution in [0.15, 0.2) is 18.2 Å². The number of hydrogen-bond acceptors (Lipinski definition) is 5. The first-order chi connectivity index (χ1) is 16.0. The summed E-state index contributed by atoms with van der Waals surface area (Å²) in [5.41, 5.74) is 1.43. The number of carboxylic acid groups (broad SMARTS) is 1. The van der Waals surface area contributed by atoms with Gasteiger partial charge in [-0.15, -0.1) is 0 Å². The molecule has 3 amide bonds. The van der Waals surface area contributed by atoms with Crippen molar-refractivity contribution >= 4 is 29.6 Å². The van der Waals surface area contributed by atoms with Gasteiger partial charge in [0, 0.05) is 43.9 Å². The van der Waals surface area contributed by atoms with Gasteiger partial charge in [-0.1, -0.05) is 6.07 Å². The molecule has 9 nitrogen and oxygen atoms in total. The zero-order chi connectivity index (χ0) is 24.9. The number of carbonyl (C=O) groups is 4. The molecule has 1 saturated heterocycles. The topological polar surface area (TPSA) is 116 Å². The Labute approximate surface area is 200 Å². The van der Waals surface area contributed by atoms with Gasteiger partial charge in [-0.25, -0.2) is 4.79 Å². The second kappa shape index (κ2) is 10.9. The van der Waals surface area contributed by atoms with Crippen molar-refractivity contribution in [2.75, 3.05) is 25.0 Å². The number of fused-ring (bicyclic) bond motifs is 1. The number of piperidine rings is 1. The fraction of sp³-hybridized carbons (Fsp3) is 0.600. The third-order valence-corrected chi connectivity index (χ3v) is 6.15. The summed E-state index contributed by atoms with van der Waals surface area (Å²) in [4.78, 5) is 51.1. The molecule has 0 spiro atoms. The molecule has 0 bridgehead atoms. The first kappa shape index (κ1) is 25.5. The molecule has 9 heteroatoms. The minimum absolute atomic E-state index is 0.0939. The van der Waals surface area contributed by atoms with Crippen LogP contribution in [-0.2, 0) is 20.9 Å². The summed E-state index contributed by atoms with van der Waals surface area (Å²) in [7, 11) is 0. The number of rotatable bonds is 8. The lowest BCUT2D eigenvalue weighted by molar-refractivity contribution is -0.137. The Hall–Kier alpha value is -3.10. The summed E-state index contributed by atoms with van der Waals surface area (Å²) in [6.07, 6.45) is 3.54. The second-order valence-corrected chi connectivity index (χ2v) is 10.1. The van der Waals surface area contributed by atoms with E-state index in [2.05, 4.69) is 5.32 Å². The fourth-order valence-electron chi connectivity index (χ4n) is 4.36. The quantitative estimate of drug-likeness (QED) is 0.592. The minimum Gasteiger partial charge on any atom is -0.481 e. The van der Waals surface area contributed by atoms with Crippen molar-refractivity contribution in [1.29, 1.82) is 0 Å². The molecule has 2 aliphatic heterocycles. The van der Waals surface area contributed by atoms with E-state index in [9.17, 15) is 19.2 Å². The third-order valence-electron chi connectivity index (χ3n) is 6.15. The van der Waals surface area contributed by atoms with Gasteiger partial charge in [0.25, 0.3) is 5.91 Å². The average molecular weight is 474 g/mol. The number of nitrogens with one attached hydrogen (secondary N) is 1. The molecular weight excluding hydrogens is 438 g/mol. The van der Waals surface area contributed by atoms with E-state index in [1.807, 2.05) is 26.8 Å². The number of benzene rings is 1. The largest absolute Gasteiger partial charge is 0.481 e. The number of ether oxygens (including phenoxy) is 1. The van der Waals surface area contributed by atoms with Crippen molar-refractivity contribution in [2.24, 2.45) is 5.92 Å². The monoisotopic (exact) mass is 473 g/mol. The van der Waals surface area contributed by atoms with Crippen LogP contribution in [0.1, 0.15) is 75.2 Å². The van der Waals surface area contributed by atoms with E-state index in [0.717, 1.165) is 31.2 Å². The molecule has 1 fully saturated rings. The van der Waals surface area contributed by atoms with E-state index >= 15 is 0 Å². The Balaban J connectivity index is 1.39. The molecule has 0 atom stereocenters. The number of likely N-dealkylation sites (tertiary alicyclic amines) is 1. The lowest BCUT2D eigenvalue weighted by atomic mass is 9.91. The maximum atomic E-state index is 12.5. The number of amides is 3. The normalized spacial score (nSPS) is 16.4. The number of nitrogens with zero attached hydrogens (tertiary/aromatic N) is 2. The molecule has 0 aliphatic carbocycles.